The summed E-state index contributed by atoms with van der Waals surface area (Å²) in [5.74, 6) is 1.38. The Morgan fingerprint density at radius 1 is 0.309 bits per heavy atom. The molecule has 0 spiro atoms. The van der Waals surface area contributed by atoms with E-state index in [-0.39, 0.29) is 50.4 Å². The number of fused-ring (bicyclic) bond motifs is 3. The molecule has 0 unspecified atom stereocenters. The molecule has 0 aromatic heterocycles. The van der Waals surface area contributed by atoms with E-state index in [4.69, 9.17) is 4.74 Å². The third-order valence-corrected chi connectivity index (χ3v) is 14.6. The Labute approximate surface area is 507 Å². The van der Waals surface area contributed by atoms with E-state index in [2.05, 4.69) is 153 Å². The van der Waals surface area contributed by atoms with Gasteiger partial charge in [-0.3, -0.25) is 15.0 Å². The second-order valence-corrected chi connectivity index (χ2v) is 22.4. The average molecular weight is 1150 g/mol. The molecule has 9 aromatic rings. The van der Waals surface area contributed by atoms with Crippen LogP contribution in [0.5, 0.6) is 0 Å². The zero-order valence-electron chi connectivity index (χ0n) is 49.7. The fourth-order valence-electron chi connectivity index (χ4n) is 10.2. The molecule has 10 rings (SSSR count). The predicted molar refractivity (Wildman–Crippen MR) is 334 cm³/mol. The van der Waals surface area contributed by atoms with Crippen LogP contribution < -0.4 is 15.3 Å². The fraction of sp³-hybridized carbons (Fsp3) is 0.301. The van der Waals surface area contributed by atoms with Gasteiger partial charge in [-0.2, -0.15) is 0 Å². The van der Waals surface area contributed by atoms with Crippen molar-refractivity contribution in [3.8, 4) is 0 Å². The summed E-state index contributed by atoms with van der Waals surface area (Å²) >= 11 is 0. The van der Waals surface area contributed by atoms with Crippen molar-refractivity contribution in [2.45, 2.75) is 131 Å². The average Bonchev–Trinajstić information content (AvgIpc) is 4.07. The first-order valence-corrected chi connectivity index (χ1v) is 28.6. The molecule has 0 N–H and O–H groups in total. The van der Waals surface area contributed by atoms with Crippen LogP contribution in [-0.2, 0) is 37.4 Å². The Balaban J connectivity index is 0.000000186. The molecule has 0 amide bonds. The summed E-state index contributed by atoms with van der Waals surface area (Å²) in [5.41, 5.74) is 11.2. The number of hydrogen-bond donors (Lipinski definition) is 0. The van der Waals surface area contributed by atoms with Crippen molar-refractivity contribution in [3.63, 3.8) is 0 Å². The molecular weight excluding hydrogens is 1070 g/mol. The van der Waals surface area contributed by atoms with Gasteiger partial charge in [-0.05, 0) is 148 Å². The molecule has 0 bridgehead atoms. The normalized spacial score (nSPS) is 12.9. The topological polar surface area (TPSA) is 115 Å². The molecule has 1 aliphatic heterocycles. The van der Waals surface area contributed by atoms with Crippen molar-refractivity contribution in [3.05, 3.63) is 232 Å². The largest absolute Gasteiger partial charge is 3.00 e. The first kappa shape index (κ1) is 63.4. The summed E-state index contributed by atoms with van der Waals surface area (Å²) < 4.78 is 4.94. The summed E-state index contributed by atoms with van der Waals surface area (Å²) in [6.45, 7) is 27.7. The van der Waals surface area contributed by atoms with Crippen molar-refractivity contribution in [2.75, 3.05) is 13.2 Å². The fourth-order valence-corrected chi connectivity index (χ4v) is 10.2. The Morgan fingerprint density at radius 2 is 0.519 bits per heavy atom. The van der Waals surface area contributed by atoms with Gasteiger partial charge in [-0.25, -0.2) is 0 Å². The number of nitrogens with zero attached hydrogens (tertiary/aromatic N) is 3. The van der Waals surface area contributed by atoms with Crippen molar-refractivity contribution in [1.29, 1.82) is 0 Å². The van der Waals surface area contributed by atoms with E-state index in [1.165, 1.54) is 12.8 Å². The molecule has 0 atom stereocenters. The summed E-state index contributed by atoms with van der Waals surface area (Å²) in [6, 6.07) is 59.9. The monoisotopic (exact) mass is 1150 g/mol. The van der Waals surface area contributed by atoms with Crippen LogP contribution in [-0.4, -0.2) is 30.9 Å². The summed E-state index contributed by atoms with van der Waals surface area (Å²) in [5, 5.41) is 45.1. The van der Waals surface area contributed by atoms with Gasteiger partial charge in [-0.15, -0.1) is 0 Å². The minimum atomic E-state index is -0.174. The Bertz CT molecular complexity index is 3130. The van der Waals surface area contributed by atoms with Crippen molar-refractivity contribution < 1.29 is 52.8 Å². The van der Waals surface area contributed by atoms with Gasteiger partial charge in [0.05, 0.1) is 17.1 Å². The molecule has 81 heavy (non-hydrogen) atoms. The van der Waals surface area contributed by atoms with Crippen LogP contribution in [0.4, 0.5) is 17.1 Å². The van der Waals surface area contributed by atoms with Gasteiger partial charge in [-0.1, -0.05) is 265 Å². The number of hydrogen-bond acceptors (Lipinski definition) is 7. The first-order valence-electron chi connectivity index (χ1n) is 28.6. The Morgan fingerprint density at radius 3 is 0.728 bits per heavy atom. The van der Waals surface area contributed by atoms with Gasteiger partial charge >= 0.3 is 32.7 Å². The maximum Gasteiger partial charge on any atom is 3.00 e. The van der Waals surface area contributed by atoms with E-state index >= 15 is 0 Å². The second-order valence-electron chi connectivity index (χ2n) is 22.4. The van der Waals surface area contributed by atoms with Crippen LogP contribution >= 0.6 is 0 Å². The molecule has 9 aromatic carbocycles. The van der Waals surface area contributed by atoms with Crippen LogP contribution in [0.15, 0.2) is 197 Å². The molecule has 0 aliphatic carbocycles. The molecule has 0 saturated carbocycles. The van der Waals surface area contributed by atoms with Crippen molar-refractivity contribution >= 4 is 67.1 Å². The van der Waals surface area contributed by atoms with E-state index in [1.54, 1.807) is 0 Å². The SMILES string of the molecule is C1CCOC1.CC(C)c1cccc(C(C)C)c1N=C([O-])c1cccc2ccccc12.CC(C)c1cccc(C(C)C)c1N=C([O-])c1cccc2ccccc12.CC(C)c1cccc(C(C)C)c1N=C([O-])c1cccc2ccccc12.[Y+3]. The van der Waals surface area contributed by atoms with E-state index in [0.29, 0.717) is 52.2 Å². The van der Waals surface area contributed by atoms with Gasteiger partial charge in [0.15, 0.2) is 0 Å². The van der Waals surface area contributed by atoms with Crippen LogP contribution in [0.3, 0.4) is 0 Å². The van der Waals surface area contributed by atoms with Crippen molar-refractivity contribution in [2.24, 2.45) is 15.0 Å². The first-order chi connectivity index (χ1) is 38.5. The quantitative estimate of drug-likeness (QED) is 0.0895. The van der Waals surface area contributed by atoms with E-state index < -0.39 is 0 Å². The summed E-state index contributed by atoms with van der Waals surface area (Å²) in [7, 11) is 0. The van der Waals surface area contributed by atoms with Crippen LogP contribution in [0, 0.1) is 0 Å². The molecule has 1 saturated heterocycles. The molecule has 8 heteroatoms. The molecule has 7 nitrogen and oxygen atoms in total. The number of aliphatic imine (C=N–C) groups is 3. The maximum absolute atomic E-state index is 13.0. The molecule has 414 valence electrons. The second kappa shape index (κ2) is 30.3. The maximum atomic E-state index is 13.0. The number of benzene rings is 9. The molecular formula is C73H80N3O4Y. The van der Waals surface area contributed by atoms with Gasteiger partial charge in [0.2, 0.25) is 0 Å². The Hall–Kier alpha value is -6.77. The summed E-state index contributed by atoms with van der Waals surface area (Å²) in [4.78, 5) is 13.7. The third-order valence-electron chi connectivity index (χ3n) is 14.6. The van der Waals surface area contributed by atoms with E-state index in [1.807, 2.05) is 127 Å². The number of para-hydroxylation sites is 3. The Kier molecular flexibility index (Phi) is 23.8. The predicted octanol–water partition coefficient (Wildman–Crippen LogP) is 17.4. The standard InChI is InChI=1S/3C23H25NO.C4H8O.Y/c3*1-15(2)18-12-8-13-19(16(3)4)22(18)24-23(25)21-14-7-10-17-9-5-6-11-20(17)21;1-2-4-5-3-1;/h3*5-16H,1-4H3,(H,24,25);1-4H2;/q;;;;+3/p-3. The van der Waals surface area contributed by atoms with Crippen LogP contribution in [0.25, 0.3) is 32.3 Å². The van der Waals surface area contributed by atoms with Crippen LogP contribution in [0.1, 0.15) is 182 Å². The molecule has 0 radical (unpaired) electrons. The van der Waals surface area contributed by atoms with E-state index in [9.17, 15) is 15.3 Å². The van der Waals surface area contributed by atoms with Gasteiger partial charge in [0.25, 0.3) is 0 Å². The zero-order valence-corrected chi connectivity index (χ0v) is 52.5. The number of ether oxygens (including phenoxy) is 1. The third kappa shape index (κ3) is 16.2. The molecule has 1 heterocycles. The van der Waals surface area contributed by atoms with Gasteiger partial charge < -0.3 is 20.1 Å². The molecule has 1 fully saturated rings. The van der Waals surface area contributed by atoms with Gasteiger partial charge in [0.1, 0.15) is 0 Å². The zero-order chi connectivity index (χ0) is 57.5. The minimum Gasteiger partial charge on any atom is -0.858 e. The minimum absolute atomic E-state index is 0. The van der Waals surface area contributed by atoms with Gasteiger partial charge in [0, 0.05) is 13.2 Å². The number of rotatable bonds is 12. The van der Waals surface area contributed by atoms with Crippen molar-refractivity contribution in [1.82, 2.24) is 0 Å². The van der Waals surface area contributed by atoms with Crippen LogP contribution in [0.2, 0.25) is 0 Å². The van der Waals surface area contributed by atoms with E-state index in [0.717, 1.165) is 96.0 Å². The summed E-state index contributed by atoms with van der Waals surface area (Å²) in [6.07, 6.45) is 2.56. The smallest absolute Gasteiger partial charge is 0.858 e. The molecule has 1 aliphatic rings.